The number of benzene rings is 4. The number of alkyl halides is 1. The van der Waals surface area contributed by atoms with Crippen molar-refractivity contribution >= 4 is 64.0 Å². The summed E-state index contributed by atoms with van der Waals surface area (Å²) in [5.74, 6) is 0.0132. The molecule has 4 aromatic rings. The molecule has 1 atom stereocenters. The Kier molecular flexibility index (Phi) is 14.0. The second-order valence-electron chi connectivity index (χ2n) is 13.6. The van der Waals surface area contributed by atoms with Gasteiger partial charge >= 0.3 is 0 Å². The zero-order valence-electron chi connectivity index (χ0n) is 30.9. The molecule has 2 aliphatic rings. The van der Waals surface area contributed by atoms with Crippen molar-refractivity contribution in [3.8, 4) is 11.5 Å². The number of piperidine rings is 1. The van der Waals surface area contributed by atoms with Crippen LogP contribution in [0.3, 0.4) is 0 Å². The van der Waals surface area contributed by atoms with Gasteiger partial charge in [0, 0.05) is 23.6 Å². The van der Waals surface area contributed by atoms with E-state index in [1.165, 1.54) is 11.8 Å². The van der Waals surface area contributed by atoms with Crippen LogP contribution in [0.5, 0.6) is 11.5 Å². The number of phenols is 1. The Bertz CT molecular complexity index is 2090. The highest BCUT2D eigenvalue weighted by molar-refractivity contribution is 7.99. The van der Waals surface area contributed by atoms with Gasteiger partial charge in [-0.25, -0.2) is 0 Å². The zero-order valence-corrected chi connectivity index (χ0v) is 32.5. The monoisotopic (exact) mass is 793 g/mol. The maximum atomic E-state index is 13.3. The standard InChI is InChI=1S/C44H44ClN3O7S/c45-25-24-34(29-9-4-3-5-10-29)40(30-14-18-32(49)19-15-30)31-16-20-33(21-17-31)55-27-26-46-38(50)13-6-1-2-7-28-56-37-12-8-11-35-41(37)44(54)48(43(35)53)36-22-23-39(51)47-42(36)52/h3-5,8-12,14-21,36,49H,1-2,6-7,13,22-28H2,(H,46,50)(H,47,51,52). The summed E-state index contributed by atoms with van der Waals surface area (Å²) in [7, 11) is 0. The van der Waals surface area contributed by atoms with Crippen molar-refractivity contribution in [3.05, 3.63) is 125 Å². The van der Waals surface area contributed by atoms with Crippen molar-refractivity contribution < 1.29 is 33.8 Å². The Morgan fingerprint density at radius 2 is 1.54 bits per heavy atom. The number of carbonyl (C=O) groups is 5. The van der Waals surface area contributed by atoms with E-state index in [4.69, 9.17) is 16.3 Å². The number of nitrogens with zero attached hydrogens (tertiary/aromatic N) is 1. The SMILES string of the molecule is O=C(CCCCCCSc1cccc2c1C(=O)N(C1CCC(=O)NC1=O)C2=O)NCCOc1ccc(C(=C(CCCl)c2ccccc2)c2ccc(O)cc2)cc1. The summed E-state index contributed by atoms with van der Waals surface area (Å²) in [4.78, 5) is 64.5. The number of rotatable bonds is 18. The van der Waals surface area contributed by atoms with E-state index in [0.29, 0.717) is 48.1 Å². The van der Waals surface area contributed by atoms with E-state index in [1.54, 1.807) is 24.3 Å². The Hall–Kier alpha value is -5.39. The average Bonchev–Trinajstić information content (AvgIpc) is 3.46. The first-order valence-electron chi connectivity index (χ1n) is 18.9. The minimum Gasteiger partial charge on any atom is -0.508 e. The number of fused-ring (bicyclic) bond motifs is 1. The van der Waals surface area contributed by atoms with Gasteiger partial charge in [-0.15, -0.1) is 23.4 Å². The van der Waals surface area contributed by atoms with Crippen LogP contribution in [-0.2, 0) is 14.4 Å². The van der Waals surface area contributed by atoms with Gasteiger partial charge in [-0.1, -0.05) is 73.5 Å². The maximum Gasteiger partial charge on any atom is 0.263 e. The third-order valence-electron chi connectivity index (χ3n) is 9.75. The lowest BCUT2D eigenvalue weighted by atomic mass is 9.88. The van der Waals surface area contributed by atoms with E-state index in [1.807, 2.05) is 60.7 Å². The fourth-order valence-electron chi connectivity index (χ4n) is 6.98. The molecule has 0 aromatic heterocycles. The summed E-state index contributed by atoms with van der Waals surface area (Å²) < 4.78 is 5.94. The van der Waals surface area contributed by atoms with Crippen molar-refractivity contribution in [2.24, 2.45) is 0 Å². The summed E-state index contributed by atoms with van der Waals surface area (Å²) in [5.41, 5.74) is 5.78. The number of allylic oxidation sites excluding steroid dienone is 1. The van der Waals surface area contributed by atoms with Crippen molar-refractivity contribution in [2.45, 2.75) is 62.3 Å². The van der Waals surface area contributed by atoms with Gasteiger partial charge in [0.1, 0.15) is 24.1 Å². The number of halogens is 1. The van der Waals surface area contributed by atoms with Crippen LogP contribution in [0.1, 0.15) is 88.8 Å². The summed E-state index contributed by atoms with van der Waals surface area (Å²) in [5, 5.41) is 15.1. The fraction of sp³-hybridized carbons (Fsp3) is 0.295. The van der Waals surface area contributed by atoms with Gasteiger partial charge in [0.25, 0.3) is 11.8 Å². The molecule has 56 heavy (non-hydrogen) atoms. The fourth-order valence-corrected chi connectivity index (χ4v) is 8.26. The van der Waals surface area contributed by atoms with Gasteiger partial charge in [0.15, 0.2) is 0 Å². The number of carbonyl (C=O) groups excluding carboxylic acids is 5. The van der Waals surface area contributed by atoms with Crippen LogP contribution < -0.4 is 15.4 Å². The Morgan fingerprint density at radius 1 is 0.821 bits per heavy atom. The van der Waals surface area contributed by atoms with Gasteiger partial charge in [0.2, 0.25) is 17.7 Å². The minimum atomic E-state index is -0.989. The second kappa shape index (κ2) is 19.5. The third kappa shape index (κ3) is 9.88. The van der Waals surface area contributed by atoms with E-state index in [0.717, 1.165) is 64.2 Å². The van der Waals surface area contributed by atoms with Gasteiger partial charge in [-0.2, -0.15) is 0 Å². The van der Waals surface area contributed by atoms with Gasteiger partial charge in [0.05, 0.1) is 17.7 Å². The minimum absolute atomic E-state index is 0.0293. The van der Waals surface area contributed by atoms with Crippen LogP contribution in [0.15, 0.2) is 102 Å². The molecule has 6 rings (SSSR count). The first kappa shape index (κ1) is 40.3. The molecule has 3 N–H and O–H groups in total. The number of hydrogen-bond acceptors (Lipinski definition) is 8. The Morgan fingerprint density at radius 3 is 2.25 bits per heavy atom. The molecular formula is C44H44ClN3O7S. The molecule has 1 unspecified atom stereocenters. The van der Waals surface area contributed by atoms with E-state index in [9.17, 15) is 29.1 Å². The van der Waals surface area contributed by atoms with E-state index in [2.05, 4.69) is 22.8 Å². The van der Waals surface area contributed by atoms with Crippen molar-refractivity contribution in [2.75, 3.05) is 24.8 Å². The maximum absolute atomic E-state index is 13.3. The number of ether oxygens (including phenoxy) is 1. The molecule has 1 saturated heterocycles. The molecule has 4 aromatic carbocycles. The highest BCUT2D eigenvalue weighted by Gasteiger charge is 2.45. The lowest BCUT2D eigenvalue weighted by Gasteiger charge is -2.27. The molecule has 0 saturated carbocycles. The molecular weight excluding hydrogens is 750 g/mol. The molecule has 12 heteroatoms. The summed E-state index contributed by atoms with van der Waals surface area (Å²) in [6, 6.07) is 29.3. The average molecular weight is 794 g/mol. The number of amides is 5. The second-order valence-corrected chi connectivity index (χ2v) is 15.1. The van der Waals surface area contributed by atoms with Crippen molar-refractivity contribution in [3.63, 3.8) is 0 Å². The van der Waals surface area contributed by atoms with Crippen LogP contribution >= 0.6 is 23.4 Å². The lowest BCUT2D eigenvalue weighted by Crippen LogP contribution is -2.54. The van der Waals surface area contributed by atoms with E-state index >= 15 is 0 Å². The van der Waals surface area contributed by atoms with Crippen LogP contribution in [0.4, 0.5) is 0 Å². The van der Waals surface area contributed by atoms with Crippen molar-refractivity contribution in [1.29, 1.82) is 0 Å². The van der Waals surface area contributed by atoms with Crippen LogP contribution in [0.25, 0.3) is 11.1 Å². The number of aromatic hydroxyl groups is 1. The van der Waals surface area contributed by atoms with Crippen LogP contribution in [-0.4, -0.2) is 70.4 Å². The first-order valence-corrected chi connectivity index (χ1v) is 20.4. The van der Waals surface area contributed by atoms with E-state index < -0.39 is 29.7 Å². The molecule has 2 aliphatic heterocycles. The van der Waals surface area contributed by atoms with Gasteiger partial charge in [-0.3, -0.25) is 34.2 Å². The number of imide groups is 2. The topological polar surface area (TPSA) is 142 Å². The molecule has 0 aliphatic carbocycles. The molecule has 5 amide bonds. The molecule has 1 fully saturated rings. The highest BCUT2D eigenvalue weighted by Crippen LogP contribution is 2.37. The van der Waals surface area contributed by atoms with Gasteiger partial charge < -0.3 is 15.2 Å². The first-order chi connectivity index (χ1) is 27.2. The smallest absolute Gasteiger partial charge is 0.263 e. The Balaban J connectivity index is 0.910. The summed E-state index contributed by atoms with van der Waals surface area (Å²) in [6.45, 7) is 0.709. The molecule has 290 valence electrons. The van der Waals surface area contributed by atoms with E-state index in [-0.39, 0.29) is 30.1 Å². The molecule has 0 radical (unpaired) electrons. The summed E-state index contributed by atoms with van der Waals surface area (Å²) in [6.07, 6.45) is 4.68. The molecule has 10 nitrogen and oxygen atoms in total. The number of hydrogen-bond donors (Lipinski definition) is 3. The summed E-state index contributed by atoms with van der Waals surface area (Å²) >= 11 is 7.77. The molecule has 0 spiro atoms. The quantitative estimate of drug-likeness (QED) is 0.0307. The number of unbranched alkanes of at least 4 members (excludes halogenated alkanes) is 3. The number of thioether (sulfide) groups is 1. The third-order valence-corrected chi connectivity index (χ3v) is 11.1. The number of nitrogens with one attached hydrogen (secondary N) is 2. The normalized spacial score (nSPS) is 15.7. The number of phenolic OH excluding ortho intramolecular Hbond substituents is 1. The predicted molar refractivity (Wildman–Crippen MR) is 218 cm³/mol. The van der Waals surface area contributed by atoms with Crippen molar-refractivity contribution in [1.82, 2.24) is 15.5 Å². The van der Waals surface area contributed by atoms with Crippen LogP contribution in [0, 0.1) is 0 Å². The largest absolute Gasteiger partial charge is 0.508 e. The highest BCUT2D eigenvalue weighted by atomic mass is 35.5. The van der Waals surface area contributed by atoms with Gasteiger partial charge in [-0.05, 0) is 95.7 Å². The predicted octanol–water partition coefficient (Wildman–Crippen LogP) is 7.62. The lowest BCUT2D eigenvalue weighted by molar-refractivity contribution is -0.136. The van der Waals surface area contributed by atoms with Crippen LogP contribution in [0.2, 0.25) is 0 Å². The Labute approximate surface area is 335 Å². The zero-order chi connectivity index (χ0) is 39.4. The molecule has 2 heterocycles. The molecule has 0 bridgehead atoms.